The molecule has 2 aliphatic rings. The lowest BCUT2D eigenvalue weighted by molar-refractivity contribution is -0.660. The predicted octanol–water partition coefficient (Wildman–Crippen LogP) is 4.82. The van der Waals surface area contributed by atoms with Crippen molar-refractivity contribution in [3.63, 3.8) is 0 Å². The molecule has 24 heavy (non-hydrogen) atoms. The number of rotatable bonds is 1. The number of nitrogens with zero attached hydrogens (tertiary/aromatic N) is 1. The van der Waals surface area contributed by atoms with E-state index in [1.165, 1.54) is 6.42 Å². The van der Waals surface area contributed by atoms with Gasteiger partial charge in [-0.15, -0.1) is 0 Å². The third-order valence-electron chi connectivity index (χ3n) is 5.44. The Hall–Kier alpha value is -1.83. The van der Waals surface area contributed by atoms with Gasteiger partial charge in [-0.25, -0.2) is 4.57 Å². The molecule has 0 bridgehead atoms. The number of ether oxygens (including phenoxy) is 1. The maximum absolute atomic E-state index is 8.77. The summed E-state index contributed by atoms with van der Waals surface area (Å²) >= 11 is 0. The molecule has 0 amide bonds. The summed E-state index contributed by atoms with van der Waals surface area (Å²) in [6.07, 6.45) is 5.63. The van der Waals surface area contributed by atoms with Gasteiger partial charge in [0.2, 0.25) is 5.69 Å². The van der Waals surface area contributed by atoms with E-state index in [-0.39, 0.29) is 5.56 Å². The molecular formula is C22H28NO+. The topological polar surface area (TPSA) is 13.1 Å². The summed E-state index contributed by atoms with van der Waals surface area (Å²) in [5, 5.41) is 0. The van der Waals surface area contributed by atoms with Crippen molar-refractivity contribution in [2.45, 2.75) is 64.3 Å². The van der Waals surface area contributed by atoms with Crippen molar-refractivity contribution in [3.8, 4) is 17.0 Å². The quantitative estimate of drug-likeness (QED) is 0.684. The van der Waals surface area contributed by atoms with E-state index in [1.54, 1.807) is 12.3 Å². The van der Waals surface area contributed by atoms with Gasteiger partial charge >= 0.3 is 0 Å². The smallest absolute Gasteiger partial charge is 0.216 e. The Morgan fingerprint density at radius 2 is 1.96 bits per heavy atom. The van der Waals surface area contributed by atoms with Gasteiger partial charge in [0.1, 0.15) is 18.4 Å². The molecule has 2 heterocycles. The summed E-state index contributed by atoms with van der Waals surface area (Å²) in [5.74, 6) is 0.625. The van der Waals surface area contributed by atoms with E-state index < -0.39 is 18.8 Å². The summed E-state index contributed by atoms with van der Waals surface area (Å²) in [7, 11) is 1.83. The number of benzene rings is 1. The van der Waals surface area contributed by atoms with Crippen LogP contribution in [0.3, 0.4) is 0 Å². The second-order valence-corrected chi connectivity index (χ2v) is 7.25. The summed E-state index contributed by atoms with van der Waals surface area (Å²) in [6.45, 7) is -0.171. The van der Waals surface area contributed by atoms with Crippen LogP contribution in [0.25, 0.3) is 11.3 Å². The van der Waals surface area contributed by atoms with E-state index in [2.05, 4.69) is 0 Å². The van der Waals surface area contributed by atoms with Gasteiger partial charge in [-0.05, 0) is 69.4 Å². The Balaban J connectivity index is 1.89. The highest BCUT2D eigenvalue weighted by Crippen LogP contribution is 2.46. The average molecular weight is 328 g/mol. The third-order valence-corrected chi connectivity index (χ3v) is 5.44. The van der Waals surface area contributed by atoms with Gasteiger partial charge in [0.15, 0.2) is 6.20 Å². The molecule has 1 aliphatic heterocycles. The number of pyridine rings is 1. The monoisotopic (exact) mass is 327 g/mol. The van der Waals surface area contributed by atoms with Crippen molar-refractivity contribution < 1.29 is 16.2 Å². The van der Waals surface area contributed by atoms with Crippen LogP contribution in [0.4, 0.5) is 0 Å². The Labute approximate surface area is 152 Å². The molecule has 1 fully saturated rings. The number of hydrogen-bond acceptors (Lipinski definition) is 1. The average Bonchev–Trinajstić information content (AvgIpc) is 2.61. The zero-order chi connectivity index (χ0) is 21.0. The number of fused-ring (bicyclic) bond motifs is 1. The van der Waals surface area contributed by atoms with Crippen molar-refractivity contribution in [3.05, 3.63) is 47.2 Å². The van der Waals surface area contributed by atoms with Crippen LogP contribution in [0.2, 0.25) is 0 Å². The first kappa shape index (κ1) is 10.9. The van der Waals surface area contributed by atoms with Crippen LogP contribution in [-0.4, -0.2) is 5.60 Å². The normalized spacial score (nSPS) is 24.7. The van der Waals surface area contributed by atoms with Gasteiger partial charge in [0.05, 0.1) is 5.56 Å². The van der Waals surface area contributed by atoms with Crippen LogP contribution >= 0.6 is 0 Å². The van der Waals surface area contributed by atoms with Crippen LogP contribution in [0.5, 0.6) is 5.75 Å². The molecule has 1 aliphatic carbocycles. The summed E-state index contributed by atoms with van der Waals surface area (Å²) in [4.78, 5) is 0. The van der Waals surface area contributed by atoms with Gasteiger partial charge in [-0.2, -0.15) is 0 Å². The molecule has 126 valence electrons. The lowest BCUT2D eigenvalue weighted by atomic mass is 9.78. The van der Waals surface area contributed by atoms with Crippen molar-refractivity contribution in [1.29, 1.82) is 0 Å². The Morgan fingerprint density at radius 3 is 2.71 bits per heavy atom. The molecule has 2 nitrogen and oxygen atoms in total. The Morgan fingerprint density at radius 1 is 1.12 bits per heavy atom. The molecule has 0 unspecified atom stereocenters. The minimum Gasteiger partial charge on any atom is -0.486 e. The molecule has 4 rings (SSSR count). The van der Waals surface area contributed by atoms with Crippen LogP contribution in [0, 0.1) is 13.8 Å². The first-order valence-electron chi connectivity index (χ1n) is 11.4. The molecule has 0 radical (unpaired) electrons. The SMILES string of the molecule is [2H]C([2H])([2H])c1ccc(-c2c(C)ccc3c2OC2(CCCCC2)CC3([2H])[2H])[n+](C)c1. The van der Waals surface area contributed by atoms with E-state index in [0.29, 0.717) is 17.7 Å². The fourth-order valence-electron chi connectivity index (χ4n) is 4.10. The first-order chi connectivity index (χ1) is 13.5. The highest BCUT2D eigenvalue weighted by Gasteiger charge is 2.39. The van der Waals surface area contributed by atoms with E-state index in [4.69, 9.17) is 11.6 Å². The standard InChI is InChI=1S/C22H28NO/c1-16-7-10-19(23(3)15-16)20-17(2)8-9-18-11-14-22(24-21(18)20)12-5-4-6-13-22/h7-10,15H,4-6,11-14H2,1-3H3/q+1/i1D3,11D2. The molecule has 0 saturated heterocycles. The Kier molecular flexibility index (Phi) is 2.69. The van der Waals surface area contributed by atoms with E-state index in [9.17, 15) is 0 Å². The number of aryl methyl sites for hydroxylation is 4. The molecule has 1 saturated carbocycles. The van der Waals surface area contributed by atoms with Crippen molar-refractivity contribution >= 4 is 0 Å². The number of aromatic nitrogens is 1. The van der Waals surface area contributed by atoms with Gasteiger partial charge in [0, 0.05) is 18.5 Å². The lowest BCUT2D eigenvalue weighted by Gasteiger charge is -2.42. The predicted molar refractivity (Wildman–Crippen MR) is 97.3 cm³/mol. The summed E-state index contributed by atoms with van der Waals surface area (Å²) in [5.41, 5.74) is 3.10. The van der Waals surface area contributed by atoms with Gasteiger partial charge in [-0.1, -0.05) is 18.6 Å². The van der Waals surface area contributed by atoms with Gasteiger partial charge < -0.3 is 4.74 Å². The zero-order valence-electron chi connectivity index (χ0n) is 19.5. The highest BCUT2D eigenvalue weighted by molar-refractivity contribution is 5.71. The molecule has 1 aromatic carbocycles. The van der Waals surface area contributed by atoms with Gasteiger partial charge in [-0.3, -0.25) is 0 Å². The second-order valence-electron chi connectivity index (χ2n) is 7.25. The highest BCUT2D eigenvalue weighted by atomic mass is 16.5. The fraction of sp³-hybridized carbons (Fsp3) is 0.500. The van der Waals surface area contributed by atoms with Crippen LogP contribution < -0.4 is 9.30 Å². The van der Waals surface area contributed by atoms with Crippen molar-refractivity contribution in [2.24, 2.45) is 7.05 Å². The van der Waals surface area contributed by atoms with Gasteiger partial charge in [0.25, 0.3) is 0 Å². The zero-order valence-corrected chi connectivity index (χ0v) is 14.5. The fourth-order valence-corrected chi connectivity index (χ4v) is 4.10. The van der Waals surface area contributed by atoms with Crippen molar-refractivity contribution in [1.82, 2.24) is 0 Å². The maximum atomic E-state index is 8.77. The number of hydrogen-bond donors (Lipinski definition) is 0. The minimum absolute atomic E-state index is 0.284. The molecule has 0 N–H and O–H groups in total. The lowest BCUT2D eigenvalue weighted by Crippen LogP contribution is -2.42. The molecular weight excluding hydrogens is 294 g/mol. The molecule has 1 spiro atoms. The summed E-state index contributed by atoms with van der Waals surface area (Å²) < 4.78 is 49.0. The first-order valence-corrected chi connectivity index (χ1v) is 8.86. The molecule has 2 aromatic rings. The second kappa shape index (κ2) is 5.91. The third kappa shape index (κ3) is 2.62. The van der Waals surface area contributed by atoms with E-state index in [1.807, 2.05) is 36.7 Å². The molecule has 1 aromatic heterocycles. The summed E-state index contributed by atoms with van der Waals surface area (Å²) in [6, 6.07) is 7.23. The molecule has 0 atom stereocenters. The van der Waals surface area contributed by atoms with Crippen molar-refractivity contribution in [2.75, 3.05) is 0 Å². The van der Waals surface area contributed by atoms with E-state index >= 15 is 0 Å². The van der Waals surface area contributed by atoms with E-state index in [0.717, 1.165) is 42.5 Å². The Bertz CT molecular complexity index is 945. The largest absolute Gasteiger partial charge is 0.486 e. The maximum Gasteiger partial charge on any atom is 0.216 e. The van der Waals surface area contributed by atoms with Crippen LogP contribution in [0.15, 0.2) is 30.5 Å². The molecule has 2 heteroatoms. The van der Waals surface area contributed by atoms with Crippen LogP contribution in [0.1, 0.15) is 62.1 Å². The minimum atomic E-state index is -2.17. The van der Waals surface area contributed by atoms with Crippen LogP contribution in [-0.2, 0) is 13.4 Å².